The summed E-state index contributed by atoms with van der Waals surface area (Å²) in [4.78, 5) is 4.55. The van der Waals surface area contributed by atoms with E-state index in [9.17, 15) is 0 Å². The van der Waals surface area contributed by atoms with Gasteiger partial charge >= 0.3 is 0 Å². The highest BCUT2D eigenvalue weighted by atomic mass is 35.5. The first kappa shape index (κ1) is 13.8. The normalized spacial score (nSPS) is 11.2. The van der Waals surface area contributed by atoms with Gasteiger partial charge in [0.1, 0.15) is 22.9 Å². The Hall–Kier alpha value is -2.20. The van der Waals surface area contributed by atoms with Gasteiger partial charge in [0, 0.05) is 11.8 Å². The number of halogens is 1. The zero-order valence-electron chi connectivity index (χ0n) is 11.9. The Morgan fingerprint density at radius 1 is 1.14 bits per heavy atom. The number of ether oxygens (including phenoxy) is 1. The Morgan fingerprint density at radius 2 is 1.86 bits per heavy atom. The van der Waals surface area contributed by atoms with E-state index >= 15 is 0 Å². The lowest BCUT2D eigenvalue weighted by Crippen LogP contribution is -2.05. The molecule has 2 heterocycles. The van der Waals surface area contributed by atoms with Crippen molar-refractivity contribution in [2.75, 3.05) is 5.73 Å². The van der Waals surface area contributed by atoms with Gasteiger partial charge in [-0.2, -0.15) is 0 Å². The van der Waals surface area contributed by atoms with Gasteiger partial charge in [-0.1, -0.05) is 11.6 Å². The van der Waals surface area contributed by atoms with Crippen LogP contribution in [0.15, 0.2) is 42.6 Å². The molecule has 2 aromatic heterocycles. The highest BCUT2D eigenvalue weighted by Crippen LogP contribution is 2.28. The van der Waals surface area contributed by atoms with Gasteiger partial charge in [-0.25, -0.2) is 4.98 Å². The van der Waals surface area contributed by atoms with Crippen LogP contribution in [0.2, 0.25) is 5.02 Å². The molecular formula is C16H16ClN3O. The molecule has 0 amide bonds. The molecule has 0 aliphatic heterocycles. The van der Waals surface area contributed by atoms with Crippen LogP contribution in [0.25, 0.3) is 16.9 Å². The summed E-state index contributed by atoms with van der Waals surface area (Å²) < 4.78 is 7.42. The first-order valence-electron chi connectivity index (χ1n) is 6.75. The largest absolute Gasteiger partial charge is 0.491 e. The summed E-state index contributed by atoms with van der Waals surface area (Å²) >= 11 is 5.99. The monoisotopic (exact) mass is 301 g/mol. The molecule has 0 aliphatic rings. The summed E-state index contributed by atoms with van der Waals surface area (Å²) in [6.45, 7) is 4.00. The van der Waals surface area contributed by atoms with Gasteiger partial charge in [-0.3, -0.25) is 4.40 Å². The third-order valence-corrected chi connectivity index (χ3v) is 3.34. The van der Waals surface area contributed by atoms with Gasteiger partial charge in [0.05, 0.1) is 11.1 Å². The molecule has 3 aromatic rings. The van der Waals surface area contributed by atoms with Crippen molar-refractivity contribution < 1.29 is 4.74 Å². The van der Waals surface area contributed by atoms with E-state index in [2.05, 4.69) is 4.98 Å². The minimum Gasteiger partial charge on any atom is -0.491 e. The number of hydrogen-bond donors (Lipinski definition) is 1. The molecule has 0 saturated heterocycles. The van der Waals surface area contributed by atoms with Crippen LogP contribution in [0.5, 0.6) is 5.75 Å². The lowest BCUT2D eigenvalue weighted by molar-refractivity contribution is 0.242. The summed E-state index contributed by atoms with van der Waals surface area (Å²) in [6.07, 6.45) is 1.91. The second kappa shape index (κ2) is 5.30. The van der Waals surface area contributed by atoms with Gasteiger partial charge in [-0.05, 0) is 50.2 Å². The summed E-state index contributed by atoms with van der Waals surface area (Å²) in [6, 6.07) is 11.4. The van der Waals surface area contributed by atoms with Crippen LogP contribution in [0.4, 0.5) is 5.82 Å². The highest BCUT2D eigenvalue weighted by molar-refractivity contribution is 6.30. The van der Waals surface area contributed by atoms with E-state index in [1.165, 1.54) is 0 Å². The smallest absolute Gasteiger partial charge is 0.139 e. The molecule has 1 aromatic carbocycles. The number of fused-ring (bicyclic) bond motifs is 1. The first-order valence-corrected chi connectivity index (χ1v) is 7.12. The molecule has 0 aliphatic carbocycles. The molecule has 21 heavy (non-hydrogen) atoms. The molecule has 0 bridgehead atoms. The van der Waals surface area contributed by atoms with E-state index in [1.54, 1.807) is 16.7 Å². The lowest BCUT2D eigenvalue weighted by Gasteiger charge is -2.09. The Labute approximate surface area is 128 Å². The van der Waals surface area contributed by atoms with Crippen molar-refractivity contribution in [2.24, 2.45) is 0 Å². The number of imidazole rings is 1. The van der Waals surface area contributed by atoms with Crippen molar-refractivity contribution in [2.45, 2.75) is 20.0 Å². The van der Waals surface area contributed by atoms with Gasteiger partial charge < -0.3 is 10.5 Å². The highest BCUT2D eigenvalue weighted by Gasteiger charge is 2.11. The van der Waals surface area contributed by atoms with Crippen molar-refractivity contribution in [3.05, 3.63) is 47.6 Å². The quantitative estimate of drug-likeness (QED) is 0.795. The van der Waals surface area contributed by atoms with E-state index in [-0.39, 0.29) is 6.10 Å². The average molecular weight is 302 g/mol. The van der Waals surface area contributed by atoms with E-state index in [0.717, 1.165) is 22.7 Å². The summed E-state index contributed by atoms with van der Waals surface area (Å²) in [7, 11) is 0. The SMILES string of the molecule is CC(C)Oc1ccc(-c2nc3ccc(Cl)cn3c2N)cc1. The van der Waals surface area contributed by atoms with Gasteiger partial charge in [-0.15, -0.1) is 0 Å². The second-order valence-electron chi connectivity index (χ2n) is 5.11. The fourth-order valence-electron chi connectivity index (χ4n) is 2.21. The minimum absolute atomic E-state index is 0.151. The third kappa shape index (κ3) is 2.67. The molecule has 0 radical (unpaired) electrons. The number of nitrogens with zero attached hydrogens (tertiary/aromatic N) is 2. The fourth-order valence-corrected chi connectivity index (χ4v) is 2.37. The maximum absolute atomic E-state index is 6.17. The lowest BCUT2D eigenvalue weighted by atomic mass is 10.1. The molecule has 0 spiro atoms. The summed E-state index contributed by atoms with van der Waals surface area (Å²) in [5, 5.41) is 0.624. The number of aromatic nitrogens is 2. The number of pyridine rings is 1. The summed E-state index contributed by atoms with van der Waals surface area (Å²) in [5.41, 5.74) is 8.63. The Balaban J connectivity index is 2.02. The van der Waals surface area contributed by atoms with Crippen LogP contribution in [0, 0.1) is 0 Å². The Bertz CT molecular complexity index is 778. The number of rotatable bonds is 3. The predicted octanol–water partition coefficient (Wildman–Crippen LogP) is 4.02. The van der Waals surface area contributed by atoms with Crippen molar-refractivity contribution in [3.63, 3.8) is 0 Å². The molecule has 0 atom stereocenters. The Morgan fingerprint density at radius 3 is 2.52 bits per heavy atom. The van der Waals surface area contributed by atoms with Crippen LogP contribution in [0.1, 0.15) is 13.8 Å². The molecule has 0 saturated carbocycles. The topological polar surface area (TPSA) is 52.5 Å². The van der Waals surface area contributed by atoms with E-state index < -0.39 is 0 Å². The first-order chi connectivity index (χ1) is 10.0. The third-order valence-electron chi connectivity index (χ3n) is 3.12. The number of anilines is 1. The molecule has 3 rings (SSSR count). The van der Waals surface area contributed by atoms with E-state index in [1.807, 2.05) is 44.2 Å². The molecule has 108 valence electrons. The standard InChI is InChI=1S/C16H16ClN3O/c1-10(2)21-13-6-3-11(4-7-13)15-16(18)20-9-12(17)5-8-14(20)19-15/h3-10H,18H2,1-2H3. The fraction of sp³-hybridized carbons (Fsp3) is 0.188. The number of nitrogen functional groups attached to an aromatic ring is 1. The van der Waals surface area contributed by atoms with Gasteiger partial charge in [0.2, 0.25) is 0 Å². The second-order valence-corrected chi connectivity index (χ2v) is 5.55. The van der Waals surface area contributed by atoms with Crippen LogP contribution < -0.4 is 10.5 Å². The molecule has 0 unspecified atom stereocenters. The van der Waals surface area contributed by atoms with E-state index in [4.69, 9.17) is 22.1 Å². The van der Waals surface area contributed by atoms with Crippen LogP contribution in [-0.4, -0.2) is 15.5 Å². The van der Waals surface area contributed by atoms with E-state index in [0.29, 0.717) is 10.8 Å². The predicted molar refractivity (Wildman–Crippen MR) is 85.8 cm³/mol. The van der Waals surface area contributed by atoms with Crippen molar-refractivity contribution in [1.29, 1.82) is 0 Å². The zero-order chi connectivity index (χ0) is 15.0. The van der Waals surface area contributed by atoms with Crippen molar-refractivity contribution in [3.8, 4) is 17.0 Å². The maximum atomic E-state index is 6.17. The van der Waals surface area contributed by atoms with Crippen LogP contribution >= 0.6 is 11.6 Å². The zero-order valence-corrected chi connectivity index (χ0v) is 12.6. The van der Waals surface area contributed by atoms with Gasteiger partial charge in [0.25, 0.3) is 0 Å². The average Bonchev–Trinajstić information content (AvgIpc) is 2.76. The molecule has 2 N–H and O–H groups in total. The number of hydrogen-bond acceptors (Lipinski definition) is 3. The van der Waals surface area contributed by atoms with Gasteiger partial charge in [0.15, 0.2) is 0 Å². The van der Waals surface area contributed by atoms with Crippen molar-refractivity contribution >= 4 is 23.1 Å². The van der Waals surface area contributed by atoms with Crippen LogP contribution in [0.3, 0.4) is 0 Å². The molecule has 5 heteroatoms. The maximum Gasteiger partial charge on any atom is 0.139 e. The number of nitrogens with two attached hydrogens (primary N) is 1. The molecular weight excluding hydrogens is 286 g/mol. The molecule has 0 fully saturated rings. The summed E-state index contributed by atoms with van der Waals surface area (Å²) in [5.74, 6) is 1.41. The number of benzene rings is 1. The van der Waals surface area contributed by atoms with Crippen LogP contribution in [-0.2, 0) is 0 Å². The Kier molecular flexibility index (Phi) is 3.47. The van der Waals surface area contributed by atoms with Crippen molar-refractivity contribution in [1.82, 2.24) is 9.38 Å². The molecule has 4 nitrogen and oxygen atoms in total. The minimum atomic E-state index is 0.151.